The summed E-state index contributed by atoms with van der Waals surface area (Å²) in [5, 5.41) is 0. The highest BCUT2D eigenvalue weighted by atomic mass is 16.5. The van der Waals surface area contributed by atoms with E-state index in [9.17, 15) is 0 Å². The van der Waals surface area contributed by atoms with Gasteiger partial charge >= 0.3 is 0 Å². The van der Waals surface area contributed by atoms with Crippen LogP contribution >= 0.6 is 0 Å². The number of methoxy groups -OCH3 is 1. The van der Waals surface area contributed by atoms with E-state index in [1.54, 1.807) is 7.11 Å². The van der Waals surface area contributed by atoms with Crippen molar-refractivity contribution in [2.24, 2.45) is 5.73 Å². The normalized spacial score (nSPS) is 12.2. The third-order valence-electron chi connectivity index (χ3n) is 3.16. The summed E-state index contributed by atoms with van der Waals surface area (Å²) < 4.78 is 11.0. The van der Waals surface area contributed by atoms with Crippen LogP contribution < -0.4 is 10.5 Å². The molecule has 3 nitrogen and oxygen atoms in total. The van der Waals surface area contributed by atoms with Gasteiger partial charge < -0.3 is 15.2 Å². The molecule has 0 aliphatic heterocycles. The predicted octanol–water partition coefficient (Wildman–Crippen LogP) is 3.69. The highest BCUT2D eigenvalue weighted by Gasteiger charge is 2.08. The number of benzene rings is 2. The Hall–Kier alpha value is -1.84. The fraction of sp³-hybridized carbons (Fsp3) is 0.294. The molecule has 3 heteroatoms. The smallest absolute Gasteiger partial charge is 0.132 e. The molecule has 106 valence electrons. The number of ether oxygens (including phenoxy) is 2. The molecule has 0 saturated heterocycles. The van der Waals surface area contributed by atoms with Crippen molar-refractivity contribution in [3.8, 4) is 11.5 Å². The van der Waals surface area contributed by atoms with Crippen LogP contribution in [-0.2, 0) is 11.2 Å². The van der Waals surface area contributed by atoms with Crippen LogP contribution in [0.4, 0.5) is 0 Å². The van der Waals surface area contributed by atoms with Crippen molar-refractivity contribution in [1.82, 2.24) is 0 Å². The first-order valence-electron chi connectivity index (χ1n) is 6.81. The van der Waals surface area contributed by atoms with Gasteiger partial charge in [0, 0.05) is 18.7 Å². The molecule has 0 saturated carbocycles. The summed E-state index contributed by atoms with van der Waals surface area (Å²) in [4.78, 5) is 0. The molecule has 1 atom stereocenters. The van der Waals surface area contributed by atoms with E-state index in [1.165, 1.54) is 5.56 Å². The molecule has 2 aromatic rings. The van der Waals surface area contributed by atoms with Crippen molar-refractivity contribution in [1.29, 1.82) is 0 Å². The molecule has 0 amide bonds. The summed E-state index contributed by atoms with van der Waals surface area (Å²) in [6, 6.07) is 15.9. The molecule has 0 heterocycles. The summed E-state index contributed by atoms with van der Waals surface area (Å²) in [5.41, 5.74) is 8.20. The van der Waals surface area contributed by atoms with Gasteiger partial charge in [-0.05, 0) is 37.1 Å². The molecule has 0 radical (unpaired) electrons. The first-order valence-corrected chi connectivity index (χ1v) is 6.81. The lowest BCUT2D eigenvalue weighted by atomic mass is 10.1. The van der Waals surface area contributed by atoms with Crippen molar-refractivity contribution < 1.29 is 9.47 Å². The van der Waals surface area contributed by atoms with E-state index in [2.05, 4.69) is 12.1 Å². The van der Waals surface area contributed by atoms with Gasteiger partial charge in [-0.1, -0.05) is 30.3 Å². The van der Waals surface area contributed by atoms with Crippen LogP contribution in [0.1, 0.15) is 24.1 Å². The Morgan fingerprint density at radius 1 is 1.05 bits per heavy atom. The molecular weight excluding hydrogens is 250 g/mol. The van der Waals surface area contributed by atoms with Crippen LogP contribution in [0.15, 0.2) is 48.5 Å². The second-order valence-electron chi connectivity index (χ2n) is 4.82. The van der Waals surface area contributed by atoms with Crippen LogP contribution in [0, 0.1) is 0 Å². The monoisotopic (exact) mass is 271 g/mol. The Bertz CT molecular complexity index is 535. The van der Waals surface area contributed by atoms with Crippen LogP contribution in [0.2, 0.25) is 0 Å². The lowest BCUT2D eigenvalue weighted by Crippen LogP contribution is -2.06. The number of nitrogens with two attached hydrogens (primary N) is 1. The Kier molecular flexibility index (Phi) is 5.16. The molecule has 0 fully saturated rings. The van der Waals surface area contributed by atoms with Gasteiger partial charge in [0.1, 0.15) is 11.5 Å². The first kappa shape index (κ1) is 14.6. The average molecular weight is 271 g/mol. The SMILES string of the molecule is COCCc1ccc(Oc2ccccc2C(C)N)cc1. The standard InChI is InChI=1S/C17H21NO2/c1-13(18)16-5-3-4-6-17(16)20-15-9-7-14(8-10-15)11-12-19-2/h3-10,13H,11-12,18H2,1-2H3. The lowest BCUT2D eigenvalue weighted by molar-refractivity contribution is 0.202. The van der Waals surface area contributed by atoms with E-state index < -0.39 is 0 Å². The summed E-state index contributed by atoms with van der Waals surface area (Å²) >= 11 is 0. The molecule has 0 aliphatic rings. The first-order chi connectivity index (χ1) is 9.70. The van der Waals surface area contributed by atoms with Gasteiger partial charge in [0.2, 0.25) is 0 Å². The largest absolute Gasteiger partial charge is 0.457 e. The third kappa shape index (κ3) is 3.83. The zero-order valence-corrected chi connectivity index (χ0v) is 12.0. The second kappa shape index (κ2) is 7.08. The maximum Gasteiger partial charge on any atom is 0.132 e. The summed E-state index contributed by atoms with van der Waals surface area (Å²) in [6.07, 6.45) is 0.910. The van der Waals surface area contributed by atoms with Crippen LogP contribution in [0.25, 0.3) is 0 Å². The number of rotatable bonds is 6. The van der Waals surface area contributed by atoms with Crippen molar-refractivity contribution >= 4 is 0 Å². The maximum atomic E-state index is 5.95. The average Bonchev–Trinajstić information content (AvgIpc) is 2.47. The minimum atomic E-state index is -0.0489. The molecule has 20 heavy (non-hydrogen) atoms. The molecule has 2 N–H and O–H groups in total. The topological polar surface area (TPSA) is 44.5 Å². The quantitative estimate of drug-likeness (QED) is 0.871. The van der Waals surface area contributed by atoms with Gasteiger partial charge in [0.15, 0.2) is 0 Å². The molecule has 0 bridgehead atoms. The summed E-state index contributed by atoms with van der Waals surface area (Å²) in [7, 11) is 1.71. The summed E-state index contributed by atoms with van der Waals surface area (Å²) in [5.74, 6) is 1.63. The molecule has 1 unspecified atom stereocenters. The lowest BCUT2D eigenvalue weighted by Gasteiger charge is -2.13. The minimum Gasteiger partial charge on any atom is -0.457 e. The van der Waals surface area contributed by atoms with E-state index >= 15 is 0 Å². The molecule has 2 rings (SSSR count). The Morgan fingerprint density at radius 2 is 1.75 bits per heavy atom. The van der Waals surface area contributed by atoms with E-state index in [4.69, 9.17) is 15.2 Å². The number of para-hydroxylation sites is 1. The van der Waals surface area contributed by atoms with Gasteiger partial charge in [-0.25, -0.2) is 0 Å². The Labute approximate surface area is 120 Å². The number of hydrogen-bond donors (Lipinski definition) is 1. The molecule has 0 aliphatic carbocycles. The van der Waals surface area contributed by atoms with Crippen molar-refractivity contribution in [2.45, 2.75) is 19.4 Å². The Balaban J connectivity index is 2.10. The van der Waals surface area contributed by atoms with Gasteiger partial charge in [-0.15, -0.1) is 0 Å². The molecule has 2 aromatic carbocycles. The maximum absolute atomic E-state index is 5.95. The molecular formula is C17H21NO2. The predicted molar refractivity (Wildman–Crippen MR) is 81.1 cm³/mol. The van der Waals surface area contributed by atoms with E-state index in [0.29, 0.717) is 0 Å². The zero-order valence-electron chi connectivity index (χ0n) is 12.0. The van der Waals surface area contributed by atoms with E-state index in [1.807, 2.05) is 43.3 Å². The van der Waals surface area contributed by atoms with Crippen LogP contribution in [0.5, 0.6) is 11.5 Å². The molecule has 0 aromatic heterocycles. The van der Waals surface area contributed by atoms with Gasteiger partial charge in [-0.2, -0.15) is 0 Å². The van der Waals surface area contributed by atoms with Gasteiger partial charge in [0.05, 0.1) is 6.61 Å². The minimum absolute atomic E-state index is 0.0489. The number of hydrogen-bond acceptors (Lipinski definition) is 3. The fourth-order valence-electron chi connectivity index (χ4n) is 2.02. The third-order valence-corrected chi connectivity index (χ3v) is 3.16. The van der Waals surface area contributed by atoms with Crippen LogP contribution in [-0.4, -0.2) is 13.7 Å². The van der Waals surface area contributed by atoms with Crippen molar-refractivity contribution in [2.75, 3.05) is 13.7 Å². The van der Waals surface area contributed by atoms with Crippen molar-refractivity contribution in [3.63, 3.8) is 0 Å². The second-order valence-corrected chi connectivity index (χ2v) is 4.82. The highest BCUT2D eigenvalue weighted by molar-refractivity contribution is 5.39. The Morgan fingerprint density at radius 3 is 2.40 bits per heavy atom. The zero-order chi connectivity index (χ0) is 14.4. The van der Waals surface area contributed by atoms with E-state index in [0.717, 1.165) is 30.1 Å². The van der Waals surface area contributed by atoms with Crippen molar-refractivity contribution in [3.05, 3.63) is 59.7 Å². The molecule has 0 spiro atoms. The van der Waals surface area contributed by atoms with E-state index in [-0.39, 0.29) is 6.04 Å². The van der Waals surface area contributed by atoms with Gasteiger partial charge in [0.25, 0.3) is 0 Å². The van der Waals surface area contributed by atoms with Crippen LogP contribution in [0.3, 0.4) is 0 Å². The van der Waals surface area contributed by atoms with Gasteiger partial charge in [-0.3, -0.25) is 0 Å². The summed E-state index contributed by atoms with van der Waals surface area (Å²) in [6.45, 7) is 2.68. The fourth-order valence-corrected chi connectivity index (χ4v) is 2.02. The highest BCUT2D eigenvalue weighted by Crippen LogP contribution is 2.28.